The third-order valence-corrected chi connectivity index (χ3v) is 7.95. The van der Waals surface area contributed by atoms with Gasteiger partial charge in [-0.1, -0.05) is 6.07 Å². The Balaban J connectivity index is 1.63. The lowest BCUT2D eigenvalue weighted by molar-refractivity contribution is -0.143. The van der Waals surface area contributed by atoms with Crippen molar-refractivity contribution in [1.29, 1.82) is 0 Å². The first-order valence-electron chi connectivity index (χ1n) is 13.0. The molecule has 2 unspecified atom stereocenters. The van der Waals surface area contributed by atoms with Crippen LogP contribution in [-0.4, -0.2) is 78.5 Å². The Morgan fingerprint density at radius 3 is 2.08 bits per heavy atom. The second kappa shape index (κ2) is 11.2. The lowest BCUT2D eigenvalue weighted by Gasteiger charge is -2.36. The van der Waals surface area contributed by atoms with Gasteiger partial charge < -0.3 is 14.7 Å². The number of halogens is 7. The van der Waals surface area contributed by atoms with Crippen LogP contribution in [0.3, 0.4) is 0 Å². The Labute approximate surface area is 229 Å². The molecule has 0 aromatic heterocycles. The highest BCUT2D eigenvalue weighted by Gasteiger charge is 2.45. The molecule has 2 aliphatic heterocycles. The normalized spacial score (nSPS) is 22.4. The first-order valence-corrected chi connectivity index (χ1v) is 13.0. The van der Waals surface area contributed by atoms with Gasteiger partial charge in [0, 0.05) is 45.3 Å². The first kappa shape index (κ1) is 30.1. The van der Waals surface area contributed by atoms with Crippen molar-refractivity contribution in [2.45, 2.75) is 56.8 Å². The van der Waals surface area contributed by atoms with Gasteiger partial charge in [0.2, 0.25) is 0 Å². The topological polar surface area (TPSA) is 30.0 Å². The summed E-state index contributed by atoms with van der Waals surface area (Å²) >= 11 is 0. The molecule has 2 aliphatic rings. The second-order valence-electron chi connectivity index (χ2n) is 10.9. The highest BCUT2D eigenvalue weighted by Crippen LogP contribution is 2.40. The molecule has 4 rings (SSSR count). The number of urea groups is 1. The number of amides is 2. The number of carbonyl (C=O) groups is 1. The van der Waals surface area contributed by atoms with Crippen LogP contribution in [0.2, 0.25) is 0 Å². The zero-order valence-electron chi connectivity index (χ0n) is 22.8. The summed E-state index contributed by atoms with van der Waals surface area (Å²) in [5.41, 5.74) is -1.71. The molecular formula is C28H33F7N4O. The minimum absolute atomic E-state index is 0.0702. The van der Waals surface area contributed by atoms with Crippen LogP contribution in [0.15, 0.2) is 36.4 Å². The van der Waals surface area contributed by atoms with Crippen molar-refractivity contribution in [3.8, 4) is 0 Å². The zero-order chi connectivity index (χ0) is 29.6. The lowest BCUT2D eigenvalue weighted by Crippen LogP contribution is -2.45. The van der Waals surface area contributed by atoms with E-state index in [2.05, 4.69) is 9.80 Å². The molecule has 0 aliphatic carbocycles. The van der Waals surface area contributed by atoms with Crippen LogP contribution in [0.5, 0.6) is 0 Å². The molecule has 0 bridgehead atoms. The van der Waals surface area contributed by atoms with Gasteiger partial charge in [0.15, 0.2) is 0 Å². The maximum Gasteiger partial charge on any atom is 0.416 e. The largest absolute Gasteiger partial charge is 0.416 e. The van der Waals surface area contributed by atoms with Crippen molar-refractivity contribution in [3.63, 3.8) is 0 Å². The smallest absolute Gasteiger partial charge is 0.323 e. The van der Waals surface area contributed by atoms with Gasteiger partial charge in [-0.05, 0) is 80.9 Å². The van der Waals surface area contributed by atoms with Gasteiger partial charge in [-0.2, -0.15) is 26.3 Å². The molecule has 2 saturated heterocycles. The fourth-order valence-electron chi connectivity index (χ4n) is 5.88. The zero-order valence-corrected chi connectivity index (χ0v) is 22.8. The first-order chi connectivity index (χ1) is 18.6. The molecule has 0 radical (unpaired) electrons. The lowest BCUT2D eigenvalue weighted by atomic mass is 9.95. The van der Waals surface area contributed by atoms with E-state index in [1.807, 2.05) is 14.1 Å². The molecule has 2 aromatic rings. The van der Waals surface area contributed by atoms with E-state index in [4.69, 9.17) is 0 Å². The molecular weight excluding hydrogens is 541 g/mol. The van der Waals surface area contributed by atoms with Gasteiger partial charge in [0.05, 0.1) is 17.2 Å². The van der Waals surface area contributed by atoms with Gasteiger partial charge >= 0.3 is 18.4 Å². The van der Waals surface area contributed by atoms with E-state index in [1.54, 1.807) is 17.9 Å². The fraction of sp³-hybridized carbons (Fsp3) is 0.536. The predicted molar refractivity (Wildman–Crippen MR) is 136 cm³/mol. The Morgan fingerprint density at radius 2 is 1.55 bits per heavy atom. The van der Waals surface area contributed by atoms with Crippen molar-refractivity contribution in [3.05, 3.63) is 70.0 Å². The van der Waals surface area contributed by atoms with Crippen LogP contribution in [-0.2, 0) is 18.9 Å². The van der Waals surface area contributed by atoms with Gasteiger partial charge in [0.1, 0.15) is 5.82 Å². The monoisotopic (exact) mass is 574 g/mol. The fourth-order valence-corrected chi connectivity index (χ4v) is 5.88. The summed E-state index contributed by atoms with van der Waals surface area (Å²) in [5, 5.41) is 0. The third-order valence-electron chi connectivity index (χ3n) is 7.95. The molecule has 220 valence electrons. The molecule has 0 saturated carbocycles. The summed E-state index contributed by atoms with van der Waals surface area (Å²) < 4.78 is 94.1. The van der Waals surface area contributed by atoms with Crippen molar-refractivity contribution in [2.75, 3.05) is 40.8 Å². The molecule has 40 heavy (non-hydrogen) atoms. The summed E-state index contributed by atoms with van der Waals surface area (Å²) in [7, 11) is 5.37. The number of nitrogens with zero attached hydrogens (tertiary/aromatic N) is 4. The van der Waals surface area contributed by atoms with Crippen molar-refractivity contribution < 1.29 is 35.5 Å². The van der Waals surface area contributed by atoms with E-state index >= 15 is 0 Å². The summed E-state index contributed by atoms with van der Waals surface area (Å²) in [6.07, 6.45) is -8.38. The van der Waals surface area contributed by atoms with Crippen molar-refractivity contribution >= 4 is 6.03 Å². The third kappa shape index (κ3) is 6.38. The van der Waals surface area contributed by atoms with E-state index in [0.717, 1.165) is 30.0 Å². The number of aryl methyl sites for hydroxylation is 1. The number of likely N-dealkylation sites (N-methyl/N-ethyl adjacent to an activating group) is 1. The summed E-state index contributed by atoms with van der Waals surface area (Å²) in [6, 6.07) is 5.01. The molecule has 2 amide bonds. The maximum atomic E-state index is 14.0. The summed E-state index contributed by atoms with van der Waals surface area (Å²) in [6.45, 7) is 3.25. The molecule has 0 spiro atoms. The number of alkyl halides is 6. The number of carbonyl (C=O) groups excluding carboxylic acids is 1. The van der Waals surface area contributed by atoms with Crippen LogP contribution in [0.4, 0.5) is 35.5 Å². The van der Waals surface area contributed by atoms with E-state index in [9.17, 15) is 35.5 Å². The molecule has 0 N–H and O–H groups in total. The van der Waals surface area contributed by atoms with Crippen LogP contribution in [0.25, 0.3) is 0 Å². The minimum atomic E-state index is -4.98. The Morgan fingerprint density at radius 1 is 0.925 bits per heavy atom. The predicted octanol–water partition coefficient (Wildman–Crippen LogP) is 6.18. The van der Waals surface area contributed by atoms with Gasteiger partial charge in [-0.3, -0.25) is 4.90 Å². The average Bonchev–Trinajstić information content (AvgIpc) is 3.50. The van der Waals surface area contributed by atoms with Gasteiger partial charge in [0.25, 0.3) is 0 Å². The van der Waals surface area contributed by atoms with Crippen LogP contribution >= 0.6 is 0 Å². The number of likely N-dealkylation sites (tertiary alicyclic amines) is 2. The van der Waals surface area contributed by atoms with E-state index < -0.39 is 47.9 Å². The highest BCUT2D eigenvalue weighted by atomic mass is 19.4. The van der Waals surface area contributed by atoms with Crippen molar-refractivity contribution in [2.24, 2.45) is 0 Å². The molecule has 3 atom stereocenters. The minimum Gasteiger partial charge on any atom is -0.323 e. The summed E-state index contributed by atoms with van der Waals surface area (Å²) in [4.78, 5) is 20.9. The van der Waals surface area contributed by atoms with Crippen molar-refractivity contribution in [1.82, 2.24) is 19.6 Å². The van der Waals surface area contributed by atoms with E-state index in [1.165, 1.54) is 19.2 Å². The molecule has 2 heterocycles. The highest BCUT2D eigenvalue weighted by molar-refractivity contribution is 5.75. The Kier molecular flexibility index (Phi) is 8.43. The maximum absolute atomic E-state index is 14.0. The Bertz CT molecular complexity index is 1200. The van der Waals surface area contributed by atoms with Crippen LogP contribution in [0.1, 0.15) is 46.7 Å². The molecule has 2 aromatic carbocycles. The van der Waals surface area contributed by atoms with Gasteiger partial charge in [-0.15, -0.1) is 0 Å². The van der Waals surface area contributed by atoms with Gasteiger partial charge in [-0.25, -0.2) is 9.18 Å². The number of hydrogen-bond acceptors (Lipinski definition) is 3. The quantitative estimate of drug-likeness (QED) is 0.400. The van der Waals surface area contributed by atoms with Crippen LogP contribution < -0.4 is 0 Å². The Hall–Kier alpha value is -2.86. The van der Waals surface area contributed by atoms with Crippen LogP contribution in [0, 0.1) is 12.7 Å². The number of hydrogen-bond donors (Lipinski definition) is 0. The summed E-state index contributed by atoms with van der Waals surface area (Å²) in [5.74, 6) is -0.412. The molecule has 12 heteroatoms. The van der Waals surface area contributed by atoms with E-state index in [-0.39, 0.29) is 17.7 Å². The van der Waals surface area contributed by atoms with E-state index in [0.29, 0.717) is 36.7 Å². The molecule has 5 nitrogen and oxygen atoms in total. The SMILES string of the molecule is Cc1cc(F)ccc1C1C(N2CC[C@@H](N(C)C)C2)CCN1C(=O)N(C)Cc1cc(C(F)(F)F)cc(C(F)(F)F)c1. The second-order valence-corrected chi connectivity index (χ2v) is 10.9. The standard InChI is InChI=1S/C28H33F7N4O/c1-17-11-21(29)5-6-23(17)25-24(38-9-7-22(16-38)36(2)3)8-10-39(25)26(40)37(4)15-18-12-19(27(30,31)32)14-20(13-18)28(33,34)35/h5-6,11-14,22,24-25H,7-10,15-16H2,1-4H3/t22-,24?,25?/m1/s1. The number of rotatable bonds is 5. The number of benzene rings is 2. The molecule has 2 fully saturated rings. The average molecular weight is 575 g/mol.